The van der Waals surface area contributed by atoms with Crippen molar-refractivity contribution in [1.29, 1.82) is 0 Å². The van der Waals surface area contributed by atoms with Gasteiger partial charge in [0.1, 0.15) is 5.82 Å². The fraction of sp³-hybridized carbons (Fsp3) is 0.429. The topological polar surface area (TPSA) is 68.0 Å². The quantitative estimate of drug-likeness (QED) is 0.646. The lowest BCUT2D eigenvalue weighted by Crippen LogP contribution is -2.50. The molecule has 0 fully saturated rings. The van der Waals surface area contributed by atoms with Crippen LogP contribution in [-0.2, 0) is 4.79 Å². The van der Waals surface area contributed by atoms with Crippen LogP contribution in [0.1, 0.15) is 24.8 Å². The highest BCUT2D eigenvalue weighted by molar-refractivity contribution is 9.09. The van der Waals surface area contributed by atoms with Gasteiger partial charge in [0, 0.05) is 22.6 Å². The largest absolute Gasteiger partial charge is 0.324 e. The zero-order valence-corrected chi connectivity index (χ0v) is 12.5. The number of carbonyl (C=O) groups excluding carboxylic acids is 1. The molecule has 102 valence electrons. The van der Waals surface area contributed by atoms with E-state index in [1.165, 1.54) is 0 Å². The van der Waals surface area contributed by atoms with Gasteiger partial charge in [-0.05, 0) is 18.4 Å². The van der Waals surface area contributed by atoms with Crippen molar-refractivity contribution in [3.05, 3.63) is 36.5 Å². The van der Waals surface area contributed by atoms with Crippen LogP contribution in [0.5, 0.6) is 0 Å². The number of pyridine rings is 1. The summed E-state index contributed by atoms with van der Waals surface area (Å²) < 4.78 is 0. The van der Waals surface area contributed by atoms with Crippen molar-refractivity contribution in [1.82, 2.24) is 4.98 Å². The van der Waals surface area contributed by atoms with Crippen LogP contribution in [0.4, 0.5) is 5.82 Å². The molecule has 1 aromatic heterocycles. The summed E-state index contributed by atoms with van der Waals surface area (Å²) >= 11 is 3.46. The average Bonchev–Trinajstić information content (AvgIpc) is 2.73. The number of hydrogen-bond acceptors (Lipinski definition) is 3. The maximum atomic E-state index is 12.2. The maximum absolute atomic E-state index is 12.2. The van der Waals surface area contributed by atoms with Crippen LogP contribution in [0.2, 0.25) is 0 Å². The molecule has 0 saturated heterocycles. The summed E-state index contributed by atoms with van der Waals surface area (Å²) in [5.41, 5.74) is 6.86. The van der Waals surface area contributed by atoms with Crippen molar-refractivity contribution in [2.45, 2.75) is 24.8 Å². The van der Waals surface area contributed by atoms with Gasteiger partial charge in [0.05, 0.1) is 5.92 Å². The molecule has 0 saturated carbocycles. The number of halogens is 1. The minimum atomic E-state index is -0.499. The summed E-state index contributed by atoms with van der Waals surface area (Å²) in [7, 11) is 0. The van der Waals surface area contributed by atoms with E-state index in [-0.39, 0.29) is 17.7 Å². The van der Waals surface area contributed by atoms with Crippen molar-refractivity contribution in [2.24, 2.45) is 11.7 Å². The number of fused-ring (bicyclic) bond motifs is 1. The van der Waals surface area contributed by atoms with E-state index in [4.69, 9.17) is 5.73 Å². The second-order valence-corrected chi connectivity index (χ2v) is 5.62. The van der Waals surface area contributed by atoms with Crippen LogP contribution in [0.3, 0.4) is 0 Å². The van der Waals surface area contributed by atoms with Crippen molar-refractivity contribution < 1.29 is 4.79 Å². The zero-order chi connectivity index (χ0) is 14.0. The molecular formula is C14H18BrN3O. The Kier molecular flexibility index (Phi) is 4.06. The molecule has 5 heteroatoms. The summed E-state index contributed by atoms with van der Waals surface area (Å²) in [6.07, 6.45) is 4.13. The first-order valence-electron chi connectivity index (χ1n) is 6.25. The first-order valence-corrected chi connectivity index (χ1v) is 7.37. The summed E-state index contributed by atoms with van der Waals surface area (Å²) in [6, 6.07) is 3.78. The van der Waals surface area contributed by atoms with E-state index >= 15 is 0 Å². The molecule has 3 unspecified atom stereocenters. The Labute approximate surface area is 121 Å². The minimum Gasteiger partial charge on any atom is -0.324 e. The predicted molar refractivity (Wildman–Crippen MR) is 80.3 cm³/mol. The third-order valence-corrected chi connectivity index (χ3v) is 4.92. The standard InChI is InChI=1S/C14H18BrN3O/c1-3-6-14(16,8-15)9(2)11-10-5-4-7-17-12(10)18-13(11)19/h3-5,7,9,11H,1,6,8,16H2,2H3,(H,17,18,19). The van der Waals surface area contributed by atoms with Crippen molar-refractivity contribution in [3.63, 3.8) is 0 Å². The van der Waals surface area contributed by atoms with E-state index in [2.05, 4.69) is 32.8 Å². The monoisotopic (exact) mass is 323 g/mol. The molecule has 3 N–H and O–H groups in total. The Morgan fingerprint density at radius 2 is 2.47 bits per heavy atom. The van der Waals surface area contributed by atoms with E-state index in [9.17, 15) is 4.79 Å². The first-order chi connectivity index (χ1) is 9.03. The van der Waals surface area contributed by atoms with Gasteiger partial charge >= 0.3 is 0 Å². The number of aromatic nitrogens is 1. The summed E-state index contributed by atoms with van der Waals surface area (Å²) in [5, 5.41) is 3.44. The van der Waals surface area contributed by atoms with Gasteiger partial charge in [-0.1, -0.05) is 35.0 Å². The van der Waals surface area contributed by atoms with Gasteiger partial charge in [0.25, 0.3) is 0 Å². The Bertz CT molecular complexity index is 505. The van der Waals surface area contributed by atoms with Crippen LogP contribution >= 0.6 is 15.9 Å². The molecule has 0 aliphatic carbocycles. The van der Waals surface area contributed by atoms with Gasteiger partial charge in [-0.25, -0.2) is 4.98 Å². The van der Waals surface area contributed by atoms with E-state index in [1.54, 1.807) is 12.3 Å². The van der Waals surface area contributed by atoms with Crippen LogP contribution < -0.4 is 11.1 Å². The van der Waals surface area contributed by atoms with Crippen molar-refractivity contribution >= 4 is 27.7 Å². The van der Waals surface area contributed by atoms with E-state index in [1.807, 2.05) is 19.1 Å². The highest BCUT2D eigenvalue weighted by Gasteiger charge is 2.43. The Hall–Kier alpha value is -1.20. The van der Waals surface area contributed by atoms with Gasteiger partial charge in [0.2, 0.25) is 5.91 Å². The van der Waals surface area contributed by atoms with Crippen LogP contribution in [0.15, 0.2) is 31.0 Å². The summed E-state index contributed by atoms with van der Waals surface area (Å²) in [4.78, 5) is 16.4. The molecular weight excluding hydrogens is 306 g/mol. The number of nitrogens with zero attached hydrogens (tertiary/aromatic N) is 1. The van der Waals surface area contributed by atoms with E-state index < -0.39 is 5.54 Å². The molecule has 2 rings (SSSR count). The molecule has 1 aliphatic rings. The number of hydrogen-bond donors (Lipinski definition) is 2. The van der Waals surface area contributed by atoms with Gasteiger partial charge in [0.15, 0.2) is 0 Å². The third kappa shape index (κ3) is 2.44. The molecule has 2 heterocycles. The molecule has 0 aromatic carbocycles. The number of nitrogens with two attached hydrogens (primary N) is 1. The number of alkyl halides is 1. The van der Waals surface area contributed by atoms with Gasteiger partial charge < -0.3 is 11.1 Å². The molecule has 19 heavy (non-hydrogen) atoms. The average molecular weight is 324 g/mol. The summed E-state index contributed by atoms with van der Waals surface area (Å²) in [5.74, 6) is 0.349. The lowest BCUT2D eigenvalue weighted by atomic mass is 9.74. The Morgan fingerprint density at radius 1 is 1.74 bits per heavy atom. The highest BCUT2D eigenvalue weighted by atomic mass is 79.9. The molecule has 4 nitrogen and oxygen atoms in total. The smallest absolute Gasteiger partial charge is 0.233 e. The van der Waals surface area contributed by atoms with Gasteiger partial charge in [-0.15, -0.1) is 6.58 Å². The number of nitrogens with one attached hydrogen (secondary N) is 1. The first kappa shape index (κ1) is 14.2. The number of carbonyl (C=O) groups is 1. The predicted octanol–water partition coefficient (Wildman–Crippen LogP) is 2.42. The zero-order valence-electron chi connectivity index (χ0n) is 10.9. The number of anilines is 1. The third-order valence-electron chi connectivity index (χ3n) is 3.88. The fourth-order valence-electron chi connectivity index (χ4n) is 2.57. The molecule has 1 aromatic rings. The second-order valence-electron chi connectivity index (χ2n) is 5.06. The Morgan fingerprint density at radius 3 is 3.11 bits per heavy atom. The minimum absolute atomic E-state index is 0.0182. The van der Waals surface area contributed by atoms with Crippen LogP contribution in [0, 0.1) is 5.92 Å². The second kappa shape index (κ2) is 5.43. The van der Waals surface area contributed by atoms with Crippen molar-refractivity contribution in [3.8, 4) is 0 Å². The normalized spacial score (nSPS) is 22.3. The van der Waals surface area contributed by atoms with Gasteiger partial charge in [-0.2, -0.15) is 0 Å². The highest BCUT2D eigenvalue weighted by Crippen LogP contribution is 2.41. The molecule has 3 atom stereocenters. The van der Waals surface area contributed by atoms with Crippen molar-refractivity contribution in [2.75, 3.05) is 10.6 Å². The summed E-state index contributed by atoms with van der Waals surface area (Å²) in [6.45, 7) is 5.76. The molecule has 0 bridgehead atoms. The Balaban J connectivity index is 2.36. The SMILES string of the molecule is C=CCC(N)(CBr)C(C)C1C(=O)Nc2ncccc21. The lowest BCUT2D eigenvalue weighted by Gasteiger charge is -2.36. The van der Waals surface area contributed by atoms with Crippen LogP contribution in [0.25, 0.3) is 0 Å². The number of rotatable bonds is 5. The van der Waals surface area contributed by atoms with Gasteiger partial charge in [-0.3, -0.25) is 4.79 Å². The molecule has 1 amide bonds. The maximum Gasteiger partial charge on any atom is 0.233 e. The van der Waals surface area contributed by atoms with E-state index in [0.717, 1.165) is 5.56 Å². The number of amides is 1. The molecule has 0 spiro atoms. The molecule has 1 aliphatic heterocycles. The van der Waals surface area contributed by atoms with E-state index in [0.29, 0.717) is 17.6 Å². The van der Waals surface area contributed by atoms with Crippen LogP contribution in [-0.4, -0.2) is 21.8 Å². The fourth-order valence-corrected chi connectivity index (χ4v) is 3.31. The lowest BCUT2D eigenvalue weighted by molar-refractivity contribution is -0.118. The molecule has 0 radical (unpaired) electrons.